The smallest absolute Gasteiger partial charge is 0.359 e. The molecule has 0 spiro atoms. The van der Waals surface area contributed by atoms with Crippen molar-refractivity contribution in [3.63, 3.8) is 0 Å². The van der Waals surface area contributed by atoms with Crippen LogP contribution < -0.4 is 0 Å². The summed E-state index contributed by atoms with van der Waals surface area (Å²) in [5.74, 6) is 6.44. The van der Waals surface area contributed by atoms with Gasteiger partial charge in [-0.2, -0.15) is 0 Å². The second-order valence-electron chi connectivity index (χ2n) is 13.0. The maximum Gasteiger partial charge on any atom is 0.359 e. The Kier molecular flexibility index (Phi) is 11.4. The summed E-state index contributed by atoms with van der Waals surface area (Å²) in [6, 6.07) is 0. The van der Waals surface area contributed by atoms with E-state index in [0.717, 1.165) is 52.4 Å². The Morgan fingerprint density at radius 3 is 1.69 bits per heavy atom. The summed E-state index contributed by atoms with van der Waals surface area (Å²) in [5, 5.41) is 0.916. The average Bonchev–Trinajstić information content (AvgIpc) is 2.65. The van der Waals surface area contributed by atoms with E-state index in [4.69, 9.17) is 16.3 Å². The Bertz CT molecular complexity index is 550. The summed E-state index contributed by atoms with van der Waals surface area (Å²) in [6.45, 7) is 21.6. The molecule has 32 heavy (non-hydrogen) atoms. The van der Waals surface area contributed by atoms with E-state index in [1.807, 2.05) is 0 Å². The van der Waals surface area contributed by atoms with Crippen molar-refractivity contribution in [1.29, 1.82) is 0 Å². The molecule has 0 aliphatic heterocycles. The molecule has 0 radical (unpaired) electrons. The van der Waals surface area contributed by atoms with Crippen LogP contribution in [0.5, 0.6) is 0 Å². The van der Waals surface area contributed by atoms with Gasteiger partial charge in [0.15, 0.2) is 0 Å². The van der Waals surface area contributed by atoms with Crippen molar-refractivity contribution in [3.8, 4) is 0 Å². The first-order valence-corrected chi connectivity index (χ1v) is 14.8. The van der Waals surface area contributed by atoms with E-state index in [1.165, 1.54) is 51.2 Å². The third-order valence-electron chi connectivity index (χ3n) is 8.23. The minimum absolute atomic E-state index is 0.102. The maximum atomic E-state index is 6.80. The molecule has 2 aliphatic rings. The maximum absolute atomic E-state index is 6.80. The van der Waals surface area contributed by atoms with Crippen LogP contribution in [0.2, 0.25) is 12.6 Å². The molecule has 6 atom stereocenters. The first-order chi connectivity index (χ1) is 14.9. The predicted molar refractivity (Wildman–Crippen MR) is 147 cm³/mol. The lowest BCUT2D eigenvalue weighted by Gasteiger charge is -2.41. The van der Waals surface area contributed by atoms with Gasteiger partial charge in [-0.05, 0) is 85.7 Å². The number of rotatable bonds is 9. The van der Waals surface area contributed by atoms with Gasteiger partial charge in [0.25, 0.3) is 0 Å². The molecule has 2 rings (SSSR count). The monoisotopic (exact) mass is 482 g/mol. The Morgan fingerprint density at radius 1 is 0.906 bits per heavy atom. The van der Waals surface area contributed by atoms with Gasteiger partial charge in [-0.1, -0.05) is 98.5 Å². The minimum atomic E-state index is 0.102. The summed E-state index contributed by atoms with van der Waals surface area (Å²) in [6.07, 6.45) is 10.7. The van der Waals surface area contributed by atoms with E-state index in [-0.39, 0.29) is 11.7 Å². The molecule has 0 aromatic carbocycles. The van der Waals surface area contributed by atoms with Crippen LogP contribution in [0.3, 0.4) is 0 Å². The number of halogens is 1. The van der Waals surface area contributed by atoms with E-state index in [2.05, 4.69) is 62.3 Å². The van der Waals surface area contributed by atoms with E-state index in [9.17, 15) is 0 Å². The highest BCUT2D eigenvalue weighted by Gasteiger charge is 2.39. The van der Waals surface area contributed by atoms with Gasteiger partial charge in [-0.3, -0.25) is 0 Å². The second kappa shape index (κ2) is 12.8. The van der Waals surface area contributed by atoms with Crippen LogP contribution in [0.4, 0.5) is 0 Å². The summed E-state index contributed by atoms with van der Waals surface area (Å²) >= 11 is 8.08. The highest BCUT2D eigenvalue weighted by atomic mass is 35.5. The van der Waals surface area contributed by atoms with Crippen molar-refractivity contribution in [2.24, 2.45) is 47.3 Å². The Labute approximate surface area is 210 Å². The quantitative estimate of drug-likeness (QED) is 0.239. The molecule has 1 nitrogen and oxygen atoms in total. The summed E-state index contributed by atoms with van der Waals surface area (Å²) < 4.78 is 6.90. The van der Waals surface area contributed by atoms with Crippen LogP contribution in [0.1, 0.15) is 101 Å². The van der Waals surface area contributed by atoms with Gasteiger partial charge in [0.1, 0.15) is 5.09 Å². The molecule has 186 valence electrons. The zero-order chi connectivity index (χ0) is 24.1. The predicted octanol–water partition coefficient (Wildman–Crippen LogP) is 9.98. The molecular weight excluding hydrogens is 431 g/mol. The normalized spacial score (nSPS) is 32.4. The van der Waals surface area contributed by atoms with E-state index in [0.29, 0.717) is 0 Å². The van der Waals surface area contributed by atoms with Crippen molar-refractivity contribution in [3.05, 3.63) is 10.6 Å². The SMILES string of the molecule is CC(C)[C@H]1CC[C@H](C)C[C@H]1CB(C[C@@H]1C[C@@H](C)CC[C@@H]1C(C)C)O/C(=C\Cl)SC(C)(C)C. The molecule has 2 fully saturated rings. The van der Waals surface area contributed by atoms with Crippen LogP contribution in [0, 0.1) is 47.3 Å². The fourth-order valence-electron chi connectivity index (χ4n) is 6.75. The molecule has 0 N–H and O–H groups in total. The van der Waals surface area contributed by atoms with Crippen molar-refractivity contribution >= 4 is 30.3 Å². The van der Waals surface area contributed by atoms with Crippen LogP contribution in [0.15, 0.2) is 10.6 Å². The molecule has 0 unspecified atom stereocenters. The molecule has 2 aliphatic carbocycles. The third kappa shape index (κ3) is 9.12. The Balaban J connectivity index is 2.23. The first kappa shape index (κ1) is 28.5. The Hall–Kier alpha value is 0.245. The van der Waals surface area contributed by atoms with Crippen LogP contribution in [-0.4, -0.2) is 11.7 Å². The Morgan fingerprint density at radius 2 is 1.34 bits per heavy atom. The fourth-order valence-corrected chi connectivity index (χ4v) is 7.76. The van der Waals surface area contributed by atoms with Crippen LogP contribution in [0.25, 0.3) is 0 Å². The van der Waals surface area contributed by atoms with Gasteiger partial charge in [-0.15, -0.1) is 0 Å². The lowest BCUT2D eigenvalue weighted by molar-refractivity contribution is 0.146. The van der Waals surface area contributed by atoms with Gasteiger partial charge in [0.05, 0.1) is 5.54 Å². The van der Waals surface area contributed by atoms with Gasteiger partial charge < -0.3 is 4.65 Å². The summed E-state index contributed by atoms with van der Waals surface area (Å²) in [7, 11) is 0. The molecule has 0 amide bonds. The number of hydrogen-bond acceptors (Lipinski definition) is 2. The number of hydrogen-bond donors (Lipinski definition) is 0. The minimum Gasteiger partial charge on any atom is -0.556 e. The summed E-state index contributed by atoms with van der Waals surface area (Å²) in [4.78, 5) is 0. The molecular formula is C28H52BClOS. The molecule has 0 aromatic rings. The summed E-state index contributed by atoms with van der Waals surface area (Å²) in [5.41, 5.74) is 1.69. The average molecular weight is 483 g/mol. The molecule has 4 heteroatoms. The lowest BCUT2D eigenvalue weighted by Crippen LogP contribution is -2.36. The van der Waals surface area contributed by atoms with E-state index in [1.54, 1.807) is 17.3 Å². The van der Waals surface area contributed by atoms with E-state index >= 15 is 0 Å². The lowest BCUT2D eigenvalue weighted by atomic mass is 9.49. The van der Waals surface area contributed by atoms with Crippen molar-refractivity contribution in [2.75, 3.05) is 0 Å². The van der Waals surface area contributed by atoms with E-state index < -0.39 is 0 Å². The second-order valence-corrected chi connectivity index (χ2v) is 15.1. The largest absolute Gasteiger partial charge is 0.556 e. The number of thioether (sulfide) groups is 1. The molecule has 0 bridgehead atoms. The fraction of sp³-hybridized carbons (Fsp3) is 0.929. The zero-order valence-corrected chi connectivity index (χ0v) is 24.2. The van der Waals surface area contributed by atoms with Crippen molar-refractivity contribution < 1.29 is 4.65 Å². The van der Waals surface area contributed by atoms with Crippen molar-refractivity contribution in [1.82, 2.24) is 0 Å². The van der Waals surface area contributed by atoms with Crippen LogP contribution >= 0.6 is 23.4 Å². The van der Waals surface area contributed by atoms with Gasteiger partial charge in [-0.25, -0.2) is 0 Å². The standard InChI is InChI=1S/C28H52BClOS/c1-19(2)25-12-10-21(5)14-23(25)16-29(31-27(18-30)32-28(7,8)9)17-24-15-22(6)11-13-26(24)20(3)4/h18-26H,10-17H2,1-9H3/b27-18+/t21-,22-,23-,24-,25+,26+/m0/s1. The highest BCUT2D eigenvalue weighted by Crippen LogP contribution is 2.45. The molecule has 0 heterocycles. The van der Waals surface area contributed by atoms with Gasteiger partial charge >= 0.3 is 6.92 Å². The topological polar surface area (TPSA) is 9.23 Å². The molecule has 2 saturated carbocycles. The highest BCUT2D eigenvalue weighted by molar-refractivity contribution is 8.04. The molecule has 0 aromatic heterocycles. The zero-order valence-electron chi connectivity index (χ0n) is 22.6. The third-order valence-corrected chi connectivity index (χ3v) is 9.58. The molecule has 0 saturated heterocycles. The van der Waals surface area contributed by atoms with Crippen molar-refractivity contribution in [2.45, 2.75) is 118 Å². The van der Waals surface area contributed by atoms with Crippen LogP contribution in [-0.2, 0) is 4.65 Å². The first-order valence-electron chi connectivity index (χ1n) is 13.6. The van der Waals surface area contributed by atoms with Gasteiger partial charge in [0, 0.05) is 4.75 Å². The van der Waals surface area contributed by atoms with Gasteiger partial charge in [0.2, 0.25) is 0 Å².